The molecule has 0 aromatic heterocycles. The van der Waals surface area contributed by atoms with E-state index in [9.17, 15) is 0 Å². The quantitative estimate of drug-likeness (QED) is 0.836. The number of benzene rings is 1. The summed E-state index contributed by atoms with van der Waals surface area (Å²) in [6.07, 6.45) is 3.45. The molecule has 1 aliphatic rings. The average Bonchev–Trinajstić information content (AvgIpc) is 2.28. The van der Waals surface area contributed by atoms with Crippen molar-refractivity contribution >= 4 is 11.6 Å². The molecule has 1 unspecified atom stereocenters. The van der Waals surface area contributed by atoms with Crippen molar-refractivity contribution in [2.45, 2.75) is 25.3 Å². The van der Waals surface area contributed by atoms with Gasteiger partial charge in [0.05, 0.1) is 7.11 Å². The van der Waals surface area contributed by atoms with E-state index in [0.717, 1.165) is 17.2 Å². The fraction of sp³-hybridized carbons (Fsp3) is 0.500. The fourth-order valence-corrected chi connectivity index (χ4v) is 2.57. The lowest BCUT2D eigenvalue weighted by Crippen LogP contribution is -2.21. The maximum Gasteiger partial charge on any atom is 0.120 e. The molecule has 0 heterocycles. The molecule has 3 heteroatoms. The zero-order chi connectivity index (χ0) is 10.8. The van der Waals surface area contributed by atoms with E-state index in [1.807, 2.05) is 13.1 Å². The van der Waals surface area contributed by atoms with Gasteiger partial charge in [0.1, 0.15) is 5.75 Å². The SMILES string of the molecule is CNC1CCCc2c(Cl)cc(OC)cc21. The van der Waals surface area contributed by atoms with Crippen molar-refractivity contribution in [1.29, 1.82) is 0 Å². The molecule has 0 aliphatic heterocycles. The lowest BCUT2D eigenvalue weighted by molar-refractivity contribution is 0.411. The minimum absolute atomic E-state index is 0.418. The van der Waals surface area contributed by atoms with E-state index in [2.05, 4.69) is 11.4 Å². The fourth-order valence-electron chi connectivity index (χ4n) is 2.26. The maximum absolute atomic E-state index is 6.24. The highest BCUT2D eigenvalue weighted by Gasteiger charge is 2.21. The number of ether oxygens (including phenoxy) is 1. The molecule has 0 radical (unpaired) electrons. The van der Waals surface area contributed by atoms with E-state index in [1.54, 1.807) is 7.11 Å². The first-order chi connectivity index (χ1) is 7.26. The third-order valence-corrected chi connectivity index (χ3v) is 3.42. The third-order valence-electron chi connectivity index (χ3n) is 3.08. The summed E-state index contributed by atoms with van der Waals surface area (Å²) < 4.78 is 5.24. The van der Waals surface area contributed by atoms with Crippen molar-refractivity contribution in [3.8, 4) is 5.75 Å². The predicted octanol–water partition coefficient (Wildman–Crippen LogP) is 2.95. The summed E-state index contributed by atoms with van der Waals surface area (Å²) in [5.74, 6) is 0.848. The highest BCUT2D eigenvalue weighted by atomic mass is 35.5. The summed E-state index contributed by atoms with van der Waals surface area (Å²) >= 11 is 6.24. The van der Waals surface area contributed by atoms with Crippen LogP contribution in [0.2, 0.25) is 5.02 Å². The van der Waals surface area contributed by atoms with Crippen molar-refractivity contribution in [3.63, 3.8) is 0 Å². The molecule has 1 aromatic rings. The Labute approximate surface area is 95.6 Å². The Morgan fingerprint density at radius 1 is 1.47 bits per heavy atom. The number of fused-ring (bicyclic) bond motifs is 1. The molecule has 2 nitrogen and oxygen atoms in total. The summed E-state index contributed by atoms with van der Waals surface area (Å²) in [4.78, 5) is 0. The van der Waals surface area contributed by atoms with Gasteiger partial charge in [0.15, 0.2) is 0 Å². The van der Waals surface area contributed by atoms with Gasteiger partial charge in [0.2, 0.25) is 0 Å². The lowest BCUT2D eigenvalue weighted by atomic mass is 9.87. The van der Waals surface area contributed by atoms with Crippen LogP contribution in [-0.2, 0) is 6.42 Å². The molecular formula is C12H16ClNO. The summed E-state index contributed by atoms with van der Waals surface area (Å²) in [5, 5.41) is 4.16. The van der Waals surface area contributed by atoms with E-state index < -0.39 is 0 Å². The minimum atomic E-state index is 0.418. The smallest absolute Gasteiger partial charge is 0.120 e. The van der Waals surface area contributed by atoms with Crippen LogP contribution in [0.15, 0.2) is 12.1 Å². The van der Waals surface area contributed by atoms with Crippen LogP contribution in [0.3, 0.4) is 0 Å². The molecule has 2 rings (SSSR count). The highest BCUT2D eigenvalue weighted by molar-refractivity contribution is 6.31. The number of rotatable bonds is 2. The Balaban J connectivity index is 2.48. The molecule has 1 N–H and O–H groups in total. The topological polar surface area (TPSA) is 21.3 Å². The van der Waals surface area contributed by atoms with Gasteiger partial charge in [-0.25, -0.2) is 0 Å². The number of hydrogen-bond donors (Lipinski definition) is 1. The maximum atomic E-state index is 6.24. The van der Waals surface area contributed by atoms with Gasteiger partial charge in [0, 0.05) is 11.1 Å². The normalized spacial score (nSPS) is 19.8. The molecule has 1 atom stereocenters. The van der Waals surface area contributed by atoms with Crippen LogP contribution < -0.4 is 10.1 Å². The zero-order valence-corrected chi connectivity index (χ0v) is 9.90. The van der Waals surface area contributed by atoms with Crippen LogP contribution in [0.5, 0.6) is 5.75 Å². The number of hydrogen-bond acceptors (Lipinski definition) is 2. The van der Waals surface area contributed by atoms with Gasteiger partial charge in [-0.2, -0.15) is 0 Å². The Morgan fingerprint density at radius 3 is 2.93 bits per heavy atom. The van der Waals surface area contributed by atoms with Crippen molar-refractivity contribution in [2.75, 3.05) is 14.2 Å². The van der Waals surface area contributed by atoms with Gasteiger partial charge < -0.3 is 10.1 Å². The molecule has 1 aliphatic carbocycles. The number of halogens is 1. The highest BCUT2D eigenvalue weighted by Crippen LogP contribution is 2.36. The zero-order valence-electron chi connectivity index (χ0n) is 9.14. The Kier molecular flexibility index (Phi) is 3.17. The molecule has 0 saturated heterocycles. The van der Waals surface area contributed by atoms with Gasteiger partial charge in [0.25, 0.3) is 0 Å². The summed E-state index contributed by atoms with van der Waals surface area (Å²) in [6.45, 7) is 0. The average molecular weight is 226 g/mol. The van der Waals surface area contributed by atoms with Crippen LogP contribution in [-0.4, -0.2) is 14.2 Å². The first-order valence-corrected chi connectivity index (χ1v) is 5.67. The second kappa shape index (κ2) is 4.42. The summed E-state index contributed by atoms with van der Waals surface area (Å²) in [6, 6.07) is 4.42. The largest absolute Gasteiger partial charge is 0.497 e. The van der Waals surface area contributed by atoms with Gasteiger partial charge in [-0.05, 0) is 49.6 Å². The van der Waals surface area contributed by atoms with Crippen LogP contribution in [0.1, 0.15) is 30.0 Å². The predicted molar refractivity (Wildman–Crippen MR) is 62.7 cm³/mol. The van der Waals surface area contributed by atoms with E-state index in [0.29, 0.717) is 6.04 Å². The summed E-state index contributed by atoms with van der Waals surface area (Å²) in [7, 11) is 3.67. The molecule has 0 bridgehead atoms. The van der Waals surface area contributed by atoms with Gasteiger partial charge in [-0.15, -0.1) is 0 Å². The first kappa shape index (κ1) is 10.8. The number of nitrogens with one attached hydrogen (secondary N) is 1. The minimum Gasteiger partial charge on any atom is -0.497 e. The number of methoxy groups -OCH3 is 1. The lowest BCUT2D eigenvalue weighted by Gasteiger charge is -2.26. The van der Waals surface area contributed by atoms with Crippen LogP contribution >= 0.6 is 11.6 Å². The van der Waals surface area contributed by atoms with Gasteiger partial charge >= 0.3 is 0 Å². The monoisotopic (exact) mass is 225 g/mol. The first-order valence-electron chi connectivity index (χ1n) is 5.30. The molecule has 0 saturated carbocycles. The molecule has 0 fully saturated rings. The van der Waals surface area contributed by atoms with E-state index >= 15 is 0 Å². The van der Waals surface area contributed by atoms with E-state index in [-0.39, 0.29) is 0 Å². The van der Waals surface area contributed by atoms with Gasteiger partial charge in [-0.1, -0.05) is 11.6 Å². The molecule has 82 valence electrons. The second-order valence-corrected chi connectivity index (χ2v) is 4.32. The summed E-state index contributed by atoms with van der Waals surface area (Å²) in [5.41, 5.74) is 2.58. The molecular weight excluding hydrogens is 210 g/mol. The van der Waals surface area contributed by atoms with Gasteiger partial charge in [-0.3, -0.25) is 0 Å². The Morgan fingerprint density at radius 2 is 2.27 bits per heavy atom. The van der Waals surface area contributed by atoms with E-state index in [4.69, 9.17) is 16.3 Å². The second-order valence-electron chi connectivity index (χ2n) is 3.91. The van der Waals surface area contributed by atoms with Crippen molar-refractivity contribution < 1.29 is 4.74 Å². The standard InChI is InChI=1S/C12H16ClNO/c1-14-12-5-3-4-9-10(12)6-8(15-2)7-11(9)13/h6-7,12,14H,3-5H2,1-2H3. The molecule has 0 spiro atoms. The molecule has 15 heavy (non-hydrogen) atoms. The van der Waals surface area contributed by atoms with Crippen LogP contribution in [0.25, 0.3) is 0 Å². The van der Waals surface area contributed by atoms with Crippen molar-refractivity contribution in [2.24, 2.45) is 0 Å². The van der Waals surface area contributed by atoms with Crippen molar-refractivity contribution in [1.82, 2.24) is 5.32 Å². The molecule has 0 amide bonds. The molecule has 1 aromatic carbocycles. The van der Waals surface area contributed by atoms with Crippen molar-refractivity contribution in [3.05, 3.63) is 28.3 Å². The van der Waals surface area contributed by atoms with E-state index in [1.165, 1.54) is 24.0 Å². The Bertz CT molecular complexity index is 365. The van der Waals surface area contributed by atoms with Crippen LogP contribution in [0, 0.1) is 0 Å². The van der Waals surface area contributed by atoms with Crippen LogP contribution in [0.4, 0.5) is 0 Å². The Hall–Kier alpha value is -0.730. The third kappa shape index (κ3) is 1.97.